The van der Waals surface area contributed by atoms with Gasteiger partial charge >= 0.3 is 0 Å². The van der Waals surface area contributed by atoms with E-state index in [1.165, 1.54) is 0 Å². The Kier molecular flexibility index (Phi) is 4.63. The Morgan fingerprint density at radius 1 is 1.55 bits per heavy atom. The van der Waals surface area contributed by atoms with Crippen LogP contribution in [0.3, 0.4) is 0 Å². The molecule has 1 N–H and O–H groups in total. The van der Waals surface area contributed by atoms with Crippen molar-refractivity contribution in [3.8, 4) is 0 Å². The number of methoxy groups -OCH3 is 1. The summed E-state index contributed by atoms with van der Waals surface area (Å²) in [5.41, 5.74) is 0. The molecule has 0 aliphatic heterocycles. The molecule has 1 atom stereocenters. The van der Waals surface area contributed by atoms with E-state index < -0.39 is 10.0 Å². The molecular formula is C6H15NO3S. The molecule has 0 aromatic heterocycles. The number of sulfonamides is 1. The van der Waals surface area contributed by atoms with Crippen LogP contribution in [-0.2, 0) is 14.8 Å². The molecule has 0 aliphatic rings. The Labute approximate surface area is 68.0 Å². The molecule has 0 radical (unpaired) electrons. The smallest absolute Gasteiger partial charge is 0.211 e. The van der Waals surface area contributed by atoms with E-state index in [0.717, 1.165) is 0 Å². The van der Waals surface area contributed by atoms with Gasteiger partial charge in [0.1, 0.15) is 0 Å². The molecular weight excluding hydrogens is 166 g/mol. The standard InChI is InChI=1S/C6H15NO3S/c1-4-11(8,9)7-5-6(2)10-3/h6-7H,4-5H2,1-3H3. The molecule has 0 fully saturated rings. The minimum atomic E-state index is -3.05. The number of hydrogen-bond donors (Lipinski definition) is 1. The summed E-state index contributed by atoms with van der Waals surface area (Å²) in [5.74, 6) is 0.115. The Morgan fingerprint density at radius 3 is 2.45 bits per heavy atom. The normalized spacial score (nSPS) is 14.8. The molecule has 11 heavy (non-hydrogen) atoms. The Morgan fingerprint density at radius 2 is 2.09 bits per heavy atom. The summed E-state index contributed by atoms with van der Waals surface area (Å²) in [4.78, 5) is 0. The molecule has 0 heterocycles. The van der Waals surface area contributed by atoms with Crippen LogP contribution in [0.4, 0.5) is 0 Å². The SMILES string of the molecule is CCS(=O)(=O)NCC(C)OC. The zero-order valence-corrected chi connectivity index (χ0v) is 7.94. The van der Waals surface area contributed by atoms with Crippen molar-refractivity contribution < 1.29 is 13.2 Å². The second-order valence-corrected chi connectivity index (χ2v) is 4.39. The molecule has 0 bridgehead atoms. The van der Waals surface area contributed by atoms with E-state index in [-0.39, 0.29) is 11.9 Å². The topological polar surface area (TPSA) is 55.4 Å². The second-order valence-electron chi connectivity index (χ2n) is 2.30. The molecule has 4 nitrogen and oxygen atoms in total. The fourth-order valence-electron chi connectivity index (χ4n) is 0.430. The summed E-state index contributed by atoms with van der Waals surface area (Å²) >= 11 is 0. The van der Waals surface area contributed by atoms with Crippen LogP contribution in [0, 0.1) is 0 Å². The molecule has 0 aromatic rings. The van der Waals surface area contributed by atoms with Crippen LogP contribution in [0.5, 0.6) is 0 Å². The van der Waals surface area contributed by atoms with Crippen molar-refractivity contribution in [1.82, 2.24) is 4.72 Å². The van der Waals surface area contributed by atoms with Gasteiger partial charge in [0.05, 0.1) is 11.9 Å². The highest BCUT2D eigenvalue weighted by Gasteiger charge is 2.07. The monoisotopic (exact) mass is 181 g/mol. The highest BCUT2D eigenvalue weighted by Crippen LogP contribution is 1.87. The van der Waals surface area contributed by atoms with Gasteiger partial charge in [-0.05, 0) is 13.8 Å². The van der Waals surface area contributed by atoms with Crippen molar-refractivity contribution in [3.63, 3.8) is 0 Å². The molecule has 0 aliphatic carbocycles. The summed E-state index contributed by atoms with van der Waals surface area (Å²) in [6.45, 7) is 3.74. The molecule has 68 valence electrons. The van der Waals surface area contributed by atoms with Gasteiger partial charge in [0.2, 0.25) is 10.0 Å². The average molecular weight is 181 g/mol. The quantitative estimate of drug-likeness (QED) is 0.647. The van der Waals surface area contributed by atoms with Crippen molar-refractivity contribution in [2.75, 3.05) is 19.4 Å². The van der Waals surface area contributed by atoms with Gasteiger partial charge in [0, 0.05) is 13.7 Å². The summed E-state index contributed by atoms with van der Waals surface area (Å²) in [5, 5.41) is 0. The molecule has 0 rings (SSSR count). The second kappa shape index (κ2) is 4.69. The van der Waals surface area contributed by atoms with Crippen LogP contribution in [-0.4, -0.2) is 33.9 Å². The molecule has 5 heteroatoms. The van der Waals surface area contributed by atoms with Gasteiger partial charge in [0.25, 0.3) is 0 Å². The first-order valence-electron chi connectivity index (χ1n) is 3.52. The van der Waals surface area contributed by atoms with Crippen LogP contribution in [0.2, 0.25) is 0 Å². The highest BCUT2D eigenvalue weighted by atomic mass is 32.2. The van der Waals surface area contributed by atoms with Gasteiger partial charge in [-0.3, -0.25) is 0 Å². The van der Waals surface area contributed by atoms with Crippen molar-refractivity contribution in [1.29, 1.82) is 0 Å². The largest absolute Gasteiger partial charge is 0.380 e. The van der Waals surface area contributed by atoms with Crippen LogP contribution < -0.4 is 4.72 Å². The maximum atomic E-state index is 10.9. The lowest BCUT2D eigenvalue weighted by atomic mass is 10.4. The first-order valence-corrected chi connectivity index (χ1v) is 5.17. The fourth-order valence-corrected chi connectivity index (χ4v) is 1.12. The maximum absolute atomic E-state index is 10.9. The zero-order valence-electron chi connectivity index (χ0n) is 7.12. The van der Waals surface area contributed by atoms with E-state index in [1.807, 2.05) is 0 Å². The maximum Gasteiger partial charge on any atom is 0.211 e. The number of ether oxygens (including phenoxy) is 1. The number of nitrogens with one attached hydrogen (secondary N) is 1. The van der Waals surface area contributed by atoms with E-state index in [4.69, 9.17) is 4.74 Å². The minimum Gasteiger partial charge on any atom is -0.380 e. The molecule has 0 aromatic carbocycles. The third-order valence-electron chi connectivity index (χ3n) is 1.37. The number of hydrogen-bond acceptors (Lipinski definition) is 3. The Balaban J connectivity index is 3.71. The van der Waals surface area contributed by atoms with Crippen molar-refractivity contribution in [2.45, 2.75) is 20.0 Å². The van der Waals surface area contributed by atoms with E-state index in [0.29, 0.717) is 6.54 Å². The van der Waals surface area contributed by atoms with Crippen LogP contribution in [0.15, 0.2) is 0 Å². The fraction of sp³-hybridized carbons (Fsp3) is 1.00. The van der Waals surface area contributed by atoms with Gasteiger partial charge in [-0.1, -0.05) is 0 Å². The van der Waals surface area contributed by atoms with Crippen LogP contribution in [0.1, 0.15) is 13.8 Å². The van der Waals surface area contributed by atoms with Gasteiger partial charge in [-0.25, -0.2) is 13.1 Å². The first kappa shape index (κ1) is 10.9. The van der Waals surface area contributed by atoms with E-state index in [1.54, 1.807) is 21.0 Å². The molecule has 1 unspecified atom stereocenters. The summed E-state index contributed by atoms with van der Waals surface area (Å²) in [6.07, 6.45) is -0.0728. The van der Waals surface area contributed by atoms with Gasteiger partial charge in [0.15, 0.2) is 0 Å². The molecule has 0 spiro atoms. The summed E-state index contributed by atoms with van der Waals surface area (Å²) < 4.78 is 29.0. The average Bonchev–Trinajstić information content (AvgIpc) is 2.00. The highest BCUT2D eigenvalue weighted by molar-refractivity contribution is 7.89. The molecule has 0 amide bonds. The van der Waals surface area contributed by atoms with Crippen LogP contribution >= 0.6 is 0 Å². The van der Waals surface area contributed by atoms with Crippen molar-refractivity contribution >= 4 is 10.0 Å². The third-order valence-corrected chi connectivity index (χ3v) is 2.74. The lowest BCUT2D eigenvalue weighted by Crippen LogP contribution is -2.32. The lowest BCUT2D eigenvalue weighted by molar-refractivity contribution is 0.122. The predicted octanol–water partition coefficient (Wildman–Crippen LogP) is -0.0394. The Hall–Kier alpha value is -0.130. The van der Waals surface area contributed by atoms with E-state index in [9.17, 15) is 8.42 Å². The van der Waals surface area contributed by atoms with Gasteiger partial charge in [-0.2, -0.15) is 0 Å². The lowest BCUT2D eigenvalue weighted by Gasteiger charge is -2.09. The van der Waals surface area contributed by atoms with E-state index in [2.05, 4.69) is 4.72 Å². The summed E-state index contributed by atoms with van der Waals surface area (Å²) in [6, 6.07) is 0. The van der Waals surface area contributed by atoms with Crippen molar-refractivity contribution in [2.24, 2.45) is 0 Å². The summed E-state index contributed by atoms with van der Waals surface area (Å²) in [7, 11) is -1.51. The molecule has 0 saturated heterocycles. The molecule has 0 saturated carbocycles. The number of rotatable bonds is 5. The first-order chi connectivity index (χ1) is 5.02. The minimum absolute atomic E-state index is 0.0728. The predicted molar refractivity (Wildman–Crippen MR) is 43.9 cm³/mol. The van der Waals surface area contributed by atoms with E-state index >= 15 is 0 Å². The van der Waals surface area contributed by atoms with Crippen LogP contribution in [0.25, 0.3) is 0 Å². The zero-order chi connectivity index (χ0) is 8.91. The van der Waals surface area contributed by atoms with Gasteiger partial charge in [-0.15, -0.1) is 0 Å². The van der Waals surface area contributed by atoms with Crippen molar-refractivity contribution in [3.05, 3.63) is 0 Å². The Bertz CT molecular complexity index is 188. The third kappa shape index (κ3) is 5.17. The van der Waals surface area contributed by atoms with Gasteiger partial charge < -0.3 is 4.74 Å².